The van der Waals surface area contributed by atoms with Crippen LogP contribution in [0.15, 0.2) is 29.8 Å². The van der Waals surface area contributed by atoms with Crippen LogP contribution < -0.4 is 5.32 Å². The molecule has 4 nitrogen and oxygen atoms in total. The quantitative estimate of drug-likeness (QED) is 0.828. The maximum Gasteiger partial charge on any atom is 0.261 e. The molecule has 100 valence electrons. The zero-order chi connectivity index (χ0) is 14.0. The molecule has 0 atom stereocenters. The van der Waals surface area contributed by atoms with Crippen molar-refractivity contribution in [3.63, 3.8) is 0 Å². The van der Waals surface area contributed by atoms with E-state index in [-0.39, 0.29) is 11.3 Å². The van der Waals surface area contributed by atoms with Crippen LogP contribution >= 0.6 is 0 Å². The number of anilines is 1. The van der Waals surface area contributed by atoms with Gasteiger partial charge in [-0.25, -0.2) is 8.78 Å². The number of hydrogen-bond acceptors (Lipinski definition) is 2. The Morgan fingerprint density at radius 3 is 2.84 bits per heavy atom. The fraction of sp³-hybridized carbons (Fsp3) is 0.231. The van der Waals surface area contributed by atoms with Gasteiger partial charge in [-0.2, -0.15) is 0 Å². The molecule has 0 radical (unpaired) electrons. The number of likely N-dealkylation sites (N-methyl/N-ethyl adjacent to an activating group) is 1. The molecule has 0 saturated heterocycles. The van der Waals surface area contributed by atoms with Crippen molar-refractivity contribution in [1.82, 2.24) is 4.90 Å². The summed E-state index contributed by atoms with van der Waals surface area (Å²) in [6.07, 6.45) is 2.05. The number of benzene rings is 1. The first-order chi connectivity index (χ1) is 9.00. The molecule has 1 aliphatic heterocycles. The average Bonchev–Trinajstić information content (AvgIpc) is 2.38. The minimum atomic E-state index is -1.15. The van der Waals surface area contributed by atoms with Crippen LogP contribution in [0.25, 0.3) is 0 Å². The number of amides is 2. The third kappa shape index (κ3) is 2.62. The van der Waals surface area contributed by atoms with Gasteiger partial charge in [-0.3, -0.25) is 9.59 Å². The molecule has 2 amide bonds. The normalized spacial score (nSPS) is 15.2. The molecular formula is C13H12F2N2O2. The smallest absolute Gasteiger partial charge is 0.261 e. The van der Waals surface area contributed by atoms with Crippen LogP contribution in [0.2, 0.25) is 0 Å². The Hall–Kier alpha value is -2.24. The Morgan fingerprint density at radius 2 is 2.11 bits per heavy atom. The molecule has 0 fully saturated rings. The van der Waals surface area contributed by atoms with Gasteiger partial charge in [-0.15, -0.1) is 0 Å². The highest BCUT2D eigenvalue weighted by atomic mass is 19.2. The van der Waals surface area contributed by atoms with Crippen LogP contribution in [0.5, 0.6) is 0 Å². The number of rotatable bonds is 2. The summed E-state index contributed by atoms with van der Waals surface area (Å²) < 4.78 is 26.4. The summed E-state index contributed by atoms with van der Waals surface area (Å²) in [7, 11) is 1.57. The van der Waals surface area contributed by atoms with E-state index in [0.29, 0.717) is 13.0 Å². The third-order valence-corrected chi connectivity index (χ3v) is 2.83. The summed E-state index contributed by atoms with van der Waals surface area (Å²) in [5.74, 6) is -3.37. The molecule has 1 N–H and O–H groups in total. The van der Waals surface area contributed by atoms with Crippen LogP contribution in [-0.4, -0.2) is 30.3 Å². The molecule has 1 aliphatic rings. The van der Waals surface area contributed by atoms with Crippen LogP contribution in [0.4, 0.5) is 14.5 Å². The first-order valence-electron chi connectivity index (χ1n) is 5.71. The van der Waals surface area contributed by atoms with Gasteiger partial charge in [0, 0.05) is 13.6 Å². The van der Waals surface area contributed by atoms with E-state index in [9.17, 15) is 18.4 Å². The highest BCUT2D eigenvalue weighted by Gasteiger charge is 2.25. The Morgan fingerprint density at radius 1 is 1.37 bits per heavy atom. The number of nitrogens with zero attached hydrogens (tertiary/aromatic N) is 1. The fourth-order valence-electron chi connectivity index (χ4n) is 1.78. The van der Waals surface area contributed by atoms with Crippen molar-refractivity contribution in [1.29, 1.82) is 0 Å². The SMILES string of the molecule is CN1CCC=C(C(=O)Nc2cccc(F)c2F)C1=O. The lowest BCUT2D eigenvalue weighted by molar-refractivity contribution is -0.128. The number of nitrogens with one attached hydrogen (secondary N) is 1. The van der Waals surface area contributed by atoms with E-state index in [1.54, 1.807) is 7.05 Å². The van der Waals surface area contributed by atoms with Gasteiger partial charge in [-0.1, -0.05) is 12.1 Å². The van der Waals surface area contributed by atoms with Crippen molar-refractivity contribution in [2.24, 2.45) is 0 Å². The van der Waals surface area contributed by atoms with Crippen molar-refractivity contribution in [2.75, 3.05) is 18.9 Å². The second-order valence-electron chi connectivity index (χ2n) is 4.19. The third-order valence-electron chi connectivity index (χ3n) is 2.83. The molecule has 0 aromatic heterocycles. The topological polar surface area (TPSA) is 49.4 Å². The van der Waals surface area contributed by atoms with E-state index in [1.165, 1.54) is 23.1 Å². The van der Waals surface area contributed by atoms with Crippen molar-refractivity contribution >= 4 is 17.5 Å². The average molecular weight is 266 g/mol. The van der Waals surface area contributed by atoms with E-state index >= 15 is 0 Å². The standard InChI is InChI=1S/C13H12F2N2O2/c1-17-7-3-4-8(13(17)19)12(18)16-10-6-2-5-9(14)11(10)15/h2,4-6H,3,7H2,1H3,(H,16,18). The van der Waals surface area contributed by atoms with Gasteiger partial charge in [0.1, 0.15) is 5.57 Å². The minimum absolute atomic E-state index is 0.0580. The minimum Gasteiger partial charge on any atom is -0.341 e. The molecule has 19 heavy (non-hydrogen) atoms. The van der Waals surface area contributed by atoms with Gasteiger partial charge < -0.3 is 10.2 Å². The van der Waals surface area contributed by atoms with E-state index < -0.39 is 23.4 Å². The molecule has 0 spiro atoms. The van der Waals surface area contributed by atoms with Crippen molar-refractivity contribution in [3.05, 3.63) is 41.5 Å². The Bertz CT molecular complexity index is 570. The van der Waals surface area contributed by atoms with Crippen LogP contribution in [-0.2, 0) is 9.59 Å². The van der Waals surface area contributed by atoms with E-state index in [0.717, 1.165) is 6.07 Å². The molecular weight excluding hydrogens is 254 g/mol. The second kappa shape index (κ2) is 5.17. The Labute approximate surface area is 108 Å². The summed E-state index contributed by atoms with van der Waals surface area (Å²) >= 11 is 0. The maximum atomic E-state index is 13.4. The summed E-state index contributed by atoms with van der Waals surface area (Å²) in [5.41, 5.74) is -0.343. The largest absolute Gasteiger partial charge is 0.341 e. The molecule has 2 rings (SSSR count). The molecule has 1 aromatic carbocycles. The molecule has 6 heteroatoms. The number of hydrogen-bond donors (Lipinski definition) is 1. The second-order valence-corrected chi connectivity index (χ2v) is 4.19. The first-order valence-corrected chi connectivity index (χ1v) is 5.71. The summed E-state index contributed by atoms with van der Waals surface area (Å²) in [6, 6.07) is 3.45. The highest BCUT2D eigenvalue weighted by molar-refractivity contribution is 6.22. The predicted molar refractivity (Wildman–Crippen MR) is 65.3 cm³/mol. The maximum absolute atomic E-state index is 13.4. The van der Waals surface area contributed by atoms with E-state index in [1.807, 2.05) is 0 Å². The first kappa shape index (κ1) is 13.2. The Balaban J connectivity index is 2.20. The van der Waals surface area contributed by atoms with Gasteiger partial charge in [0.2, 0.25) is 0 Å². The molecule has 1 heterocycles. The van der Waals surface area contributed by atoms with Gasteiger partial charge in [-0.05, 0) is 18.6 Å². The molecule has 0 bridgehead atoms. The van der Waals surface area contributed by atoms with Gasteiger partial charge in [0.25, 0.3) is 11.8 Å². The van der Waals surface area contributed by atoms with Crippen molar-refractivity contribution < 1.29 is 18.4 Å². The van der Waals surface area contributed by atoms with Gasteiger partial charge >= 0.3 is 0 Å². The van der Waals surface area contributed by atoms with Crippen molar-refractivity contribution in [2.45, 2.75) is 6.42 Å². The lowest BCUT2D eigenvalue weighted by Gasteiger charge is -2.22. The van der Waals surface area contributed by atoms with Crippen molar-refractivity contribution in [3.8, 4) is 0 Å². The van der Waals surface area contributed by atoms with Crippen LogP contribution in [0, 0.1) is 11.6 Å². The van der Waals surface area contributed by atoms with E-state index in [2.05, 4.69) is 5.32 Å². The number of carbonyl (C=O) groups is 2. The Kier molecular flexibility index (Phi) is 3.59. The zero-order valence-corrected chi connectivity index (χ0v) is 10.2. The molecule has 0 aliphatic carbocycles. The molecule has 1 aromatic rings. The summed E-state index contributed by atoms with van der Waals surface area (Å²) in [6.45, 7) is 0.532. The lowest BCUT2D eigenvalue weighted by Crippen LogP contribution is -2.36. The summed E-state index contributed by atoms with van der Waals surface area (Å²) in [5, 5.41) is 2.20. The lowest BCUT2D eigenvalue weighted by atomic mass is 10.1. The van der Waals surface area contributed by atoms with Gasteiger partial charge in [0.15, 0.2) is 11.6 Å². The van der Waals surface area contributed by atoms with Crippen LogP contribution in [0.1, 0.15) is 6.42 Å². The fourth-order valence-corrected chi connectivity index (χ4v) is 1.78. The molecule has 0 saturated carbocycles. The number of halogens is 2. The predicted octanol–water partition coefficient (Wildman–Crippen LogP) is 1.69. The monoisotopic (exact) mass is 266 g/mol. The number of carbonyl (C=O) groups excluding carboxylic acids is 2. The zero-order valence-electron chi connectivity index (χ0n) is 10.2. The van der Waals surface area contributed by atoms with Crippen LogP contribution in [0.3, 0.4) is 0 Å². The summed E-state index contributed by atoms with van der Waals surface area (Å²) in [4.78, 5) is 25.0. The molecule has 0 unspecified atom stereocenters. The van der Waals surface area contributed by atoms with E-state index in [4.69, 9.17) is 0 Å². The highest BCUT2D eigenvalue weighted by Crippen LogP contribution is 2.18. The van der Waals surface area contributed by atoms with Gasteiger partial charge in [0.05, 0.1) is 5.69 Å².